The van der Waals surface area contributed by atoms with Gasteiger partial charge < -0.3 is 32.5 Å². The first kappa shape index (κ1) is 29.3. The molecule has 0 aliphatic carbocycles. The van der Waals surface area contributed by atoms with Gasteiger partial charge in [-0.15, -0.1) is 0 Å². The molecule has 0 aliphatic heterocycles. The summed E-state index contributed by atoms with van der Waals surface area (Å²) >= 11 is 0. The monoisotopic (exact) mass is 457 g/mol. The predicted molar refractivity (Wildman–Crippen MR) is 119 cm³/mol. The molecule has 0 aromatic rings. The molecular weight excluding hydrogens is 418 g/mol. The number of carbonyl (C=O) groups is 5. The molecule has 0 heterocycles. The number of carboxylic acid groups (broad SMARTS) is 1. The lowest BCUT2D eigenvalue weighted by atomic mass is 9.97. The van der Waals surface area contributed by atoms with E-state index in [0.717, 1.165) is 0 Å². The fraction of sp³-hybridized carbons (Fsp3) is 0.762. The van der Waals surface area contributed by atoms with E-state index in [1.165, 1.54) is 0 Å². The molecule has 0 fully saturated rings. The molecule has 0 saturated carbocycles. The van der Waals surface area contributed by atoms with E-state index in [1.807, 2.05) is 6.92 Å². The average Bonchev–Trinajstić information content (AvgIpc) is 2.70. The number of hydrogen-bond donors (Lipinski definition) is 6. The zero-order valence-electron chi connectivity index (χ0n) is 19.8. The lowest BCUT2D eigenvalue weighted by molar-refractivity contribution is -0.144. The molecular formula is C21H39N5O6. The molecule has 5 unspecified atom stereocenters. The van der Waals surface area contributed by atoms with Gasteiger partial charge in [0.2, 0.25) is 23.6 Å². The van der Waals surface area contributed by atoms with Gasteiger partial charge in [-0.3, -0.25) is 19.2 Å². The topological polar surface area (TPSA) is 194 Å². The maximum atomic E-state index is 12.9. The van der Waals surface area contributed by atoms with Crippen LogP contribution in [-0.2, 0) is 24.0 Å². The van der Waals surface area contributed by atoms with Gasteiger partial charge in [0.15, 0.2) is 0 Å². The third-order valence-corrected chi connectivity index (χ3v) is 5.36. The number of hydrogen-bond acceptors (Lipinski definition) is 6. The smallest absolute Gasteiger partial charge is 0.326 e. The van der Waals surface area contributed by atoms with Gasteiger partial charge >= 0.3 is 5.97 Å². The van der Waals surface area contributed by atoms with Crippen LogP contribution in [0.1, 0.15) is 60.8 Å². The summed E-state index contributed by atoms with van der Waals surface area (Å²) < 4.78 is 0. The summed E-state index contributed by atoms with van der Waals surface area (Å²) in [4.78, 5) is 60.8. The first-order valence-electron chi connectivity index (χ1n) is 10.9. The molecule has 4 amide bonds. The Kier molecular flexibility index (Phi) is 12.5. The van der Waals surface area contributed by atoms with Crippen molar-refractivity contribution in [3.8, 4) is 0 Å². The van der Waals surface area contributed by atoms with Gasteiger partial charge in [0.1, 0.15) is 18.1 Å². The summed E-state index contributed by atoms with van der Waals surface area (Å²) in [5.41, 5.74) is 11.0. The quantitative estimate of drug-likeness (QED) is 0.202. The molecule has 184 valence electrons. The van der Waals surface area contributed by atoms with Crippen LogP contribution in [0.2, 0.25) is 0 Å². The van der Waals surface area contributed by atoms with Crippen molar-refractivity contribution >= 4 is 29.6 Å². The third-order valence-electron chi connectivity index (χ3n) is 5.36. The second-order valence-corrected chi connectivity index (χ2v) is 8.78. The molecule has 0 spiro atoms. The van der Waals surface area contributed by atoms with Crippen LogP contribution in [0.5, 0.6) is 0 Å². The normalized spacial score (nSPS) is 15.9. The predicted octanol–water partition coefficient (Wildman–Crippen LogP) is -0.524. The van der Waals surface area contributed by atoms with Gasteiger partial charge in [0.25, 0.3) is 0 Å². The molecule has 11 heteroatoms. The van der Waals surface area contributed by atoms with Crippen LogP contribution in [0.25, 0.3) is 0 Å². The summed E-state index contributed by atoms with van der Waals surface area (Å²) in [6.07, 6.45) is 0.297. The van der Waals surface area contributed by atoms with Crippen molar-refractivity contribution in [3.63, 3.8) is 0 Å². The van der Waals surface area contributed by atoms with Crippen LogP contribution in [-0.4, -0.2) is 58.9 Å². The van der Waals surface area contributed by atoms with Crippen molar-refractivity contribution in [2.45, 2.75) is 85.0 Å². The van der Waals surface area contributed by atoms with E-state index in [1.54, 1.807) is 34.6 Å². The summed E-state index contributed by atoms with van der Waals surface area (Å²) in [5.74, 6) is -4.62. The van der Waals surface area contributed by atoms with Gasteiger partial charge in [-0.05, 0) is 24.2 Å². The molecule has 0 radical (unpaired) electrons. The molecule has 11 nitrogen and oxygen atoms in total. The largest absolute Gasteiger partial charge is 0.480 e. The maximum Gasteiger partial charge on any atom is 0.326 e. The molecule has 0 rings (SSSR count). The number of rotatable bonds is 14. The van der Waals surface area contributed by atoms with Crippen LogP contribution in [0, 0.1) is 17.8 Å². The zero-order valence-corrected chi connectivity index (χ0v) is 19.8. The SMILES string of the molecule is CCC(C)C(NC(=O)C(NC(=O)C(CCC(N)=O)NC(=O)C(N)C(C)C)C(C)C)C(=O)O. The van der Waals surface area contributed by atoms with Crippen molar-refractivity contribution < 1.29 is 29.1 Å². The first-order chi connectivity index (χ1) is 14.7. The molecule has 0 aromatic carbocycles. The lowest BCUT2D eigenvalue weighted by Crippen LogP contribution is -2.59. The van der Waals surface area contributed by atoms with E-state index in [2.05, 4.69) is 16.0 Å². The molecule has 0 saturated heterocycles. The molecule has 0 aliphatic rings. The summed E-state index contributed by atoms with van der Waals surface area (Å²) in [6, 6.07) is -4.17. The van der Waals surface area contributed by atoms with E-state index < -0.39 is 53.8 Å². The third kappa shape index (κ3) is 9.63. The Morgan fingerprint density at radius 3 is 1.75 bits per heavy atom. The van der Waals surface area contributed by atoms with Gasteiger partial charge in [-0.1, -0.05) is 48.0 Å². The molecule has 8 N–H and O–H groups in total. The number of amides is 4. The standard InChI is InChI=1S/C21H39N5O6/c1-7-12(6)17(21(31)32)26-20(30)16(11(4)5)25-18(28)13(8-9-14(22)27)24-19(29)15(23)10(2)3/h10-13,15-17H,7-9,23H2,1-6H3,(H2,22,27)(H,24,29)(H,25,28)(H,26,30)(H,31,32). The van der Waals surface area contributed by atoms with Crippen molar-refractivity contribution in [1.82, 2.24) is 16.0 Å². The number of nitrogens with one attached hydrogen (secondary N) is 3. The Morgan fingerprint density at radius 1 is 0.812 bits per heavy atom. The Balaban J connectivity index is 5.53. The molecule has 5 atom stereocenters. The second-order valence-electron chi connectivity index (χ2n) is 8.78. The molecule has 0 aromatic heterocycles. The van der Waals surface area contributed by atoms with E-state index >= 15 is 0 Å². The summed E-state index contributed by atoms with van der Waals surface area (Å²) in [6.45, 7) is 10.4. The van der Waals surface area contributed by atoms with Crippen LogP contribution in [0.15, 0.2) is 0 Å². The number of primary amides is 1. The van der Waals surface area contributed by atoms with Gasteiger partial charge in [-0.2, -0.15) is 0 Å². The first-order valence-corrected chi connectivity index (χ1v) is 10.9. The highest BCUT2D eigenvalue weighted by Crippen LogP contribution is 2.11. The highest BCUT2D eigenvalue weighted by Gasteiger charge is 2.33. The van der Waals surface area contributed by atoms with E-state index in [4.69, 9.17) is 11.5 Å². The van der Waals surface area contributed by atoms with E-state index in [0.29, 0.717) is 6.42 Å². The number of aliphatic carboxylic acids is 1. The second kappa shape index (κ2) is 13.7. The van der Waals surface area contributed by atoms with Gasteiger partial charge in [-0.25, -0.2) is 4.79 Å². The summed E-state index contributed by atoms with van der Waals surface area (Å²) in [7, 11) is 0. The van der Waals surface area contributed by atoms with Crippen molar-refractivity contribution in [2.75, 3.05) is 0 Å². The van der Waals surface area contributed by atoms with Gasteiger partial charge in [0.05, 0.1) is 6.04 Å². The maximum absolute atomic E-state index is 12.9. The number of carboxylic acids is 1. The minimum atomic E-state index is -1.17. The van der Waals surface area contributed by atoms with Crippen LogP contribution < -0.4 is 27.4 Å². The van der Waals surface area contributed by atoms with Crippen LogP contribution in [0.3, 0.4) is 0 Å². The van der Waals surface area contributed by atoms with Crippen molar-refractivity contribution in [1.29, 1.82) is 0 Å². The molecule has 0 bridgehead atoms. The Labute approximate surface area is 189 Å². The Hall–Kier alpha value is -2.69. The van der Waals surface area contributed by atoms with Crippen molar-refractivity contribution in [2.24, 2.45) is 29.2 Å². The Morgan fingerprint density at radius 2 is 1.34 bits per heavy atom. The van der Waals surface area contributed by atoms with E-state index in [9.17, 15) is 29.1 Å². The highest BCUT2D eigenvalue weighted by atomic mass is 16.4. The average molecular weight is 458 g/mol. The van der Waals surface area contributed by atoms with Crippen LogP contribution in [0.4, 0.5) is 0 Å². The fourth-order valence-corrected chi connectivity index (χ4v) is 2.84. The highest BCUT2D eigenvalue weighted by molar-refractivity contribution is 5.94. The number of carbonyl (C=O) groups excluding carboxylic acids is 4. The van der Waals surface area contributed by atoms with Crippen molar-refractivity contribution in [3.05, 3.63) is 0 Å². The number of nitrogens with two attached hydrogens (primary N) is 2. The lowest BCUT2D eigenvalue weighted by Gasteiger charge is -2.28. The van der Waals surface area contributed by atoms with Crippen LogP contribution >= 0.6 is 0 Å². The summed E-state index contributed by atoms with van der Waals surface area (Å²) in [5, 5.41) is 17.0. The minimum absolute atomic E-state index is 0.0746. The zero-order chi connectivity index (χ0) is 25.2. The van der Waals surface area contributed by atoms with E-state index in [-0.39, 0.29) is 30.6 Å². The van der Waals surface area contributed by atoms with Gasteiger partial charge in [0, 0.05) is 6.42 Å². The molecule has 32 heavy (non-hydrogen) atoms. The fourth-order valence-electron chi connectivity index (χ4n) is 2.84. The Bertz CT molecular complexity index is 682. The minimum Gasteiger partial charge on any atom is -0.480 e.